The van der Waals surface area contributed by atoms with Crippen LogP contribution in [0.4, 0.5) is 0 Å². The molecule has 0 atom stereocenters. The molecule has 1 aromatic heterocycles. The molecule has 5 heteroatoms. The van der Waals surface area contributed by atoms with E-state index in [1.54, 1.807) is 18.0 Å². The van der Waals surface area contributed by atoms with Crippen molar-refractivity contribution in [1.82, 2.24) is 14.9 Å². The van der Waals surface area contributed by atoms with E-state index in [9.17, 15) is 4.79 Å². The molecule has 0 unspecified atom stereocenters. The Morgan fingerprint density at radius 1 is 1.21 bits per heavy atom. The Kier molecular flexibility index (Phi) is 5.01. The minimum Gasteiger partial charge on any atom is -0.348 e. The van der Waals surface area contributed by atoms with E-state index < -0.39 is 0 Å². The van der Waals surface area contributed by atoms with E-state index in [2.05, 4.69) is 10.3 Å². The van der Waals surface area contributed by atoms with Crippen molar-refractivity contribution in [3.63, 3.8) is 0 Å². The fraction of sp³-hybridized carbons (Fsp3) is 0.158. The number of carbonyl (C=O) groups is 1. The lowest BCUT2D eigenvalue weighted by molar-refractivity contribution is 0.0951. The summed E-state index contributed by atoms with van der Waals surface area (Å²) in [5.41, 5.74) is 3.87. The van der Waals surface area contributed by atoms with Gasteiger partial charge in [-0.05, 0) is 36.9 Å². The SMILES string of the molecule is CSc1nccn1-c1cccc(C(=O)NCc2ccc(C)cc2)c1. The Balaban J connectivity index is 1.73. The summed E-state index contributed by atoms with van der Waals surface area (Å²) < 4.78 is 1.97. The zero-order valence-corrected chi connectivity index (χ0v) is 14.5. The highest BCUT2D eigenvalue weighted by Gasteiger charge is 2.09. The van der Waals surface area contributed by atoms with Gasteiger partial charge >= 0.3 is 0 Å². The molecule has 1 amide bonds. The Morgan fingerprint density at radius 2 is 2.00 bits per heavy atom. The molecule has 24 heavy (non-hydrogen) atoms. The molecule has 0 radical (unpaired) electrons. The molecule has 0 aliphatic carbocycles. The maximum atomic E-state index is 12.4. The first-order valence-electron chi connectivity index (χ1n) is 7.69. The minimum absolute atomic E-state index is 0.0803. The quantitative estimate of drug-likeness (QED) is 0.720. The van der Waals surface area contributed by atoms with E-state index in [0.717, 1.165) is 16.4 Å². The van der Waals surface area contributed by atoms with Crippen molar-refractivity contribution in [1.29, 1.82) is 0 Å². The lowest BCUT2D eigenvalue weighted by Crippen LogP contribution is -2.22. The highest BCUT2D eigenvalue weighted by atomic mass is 32.2. The van der Waals surface area contributed by atoms with Crippen molar-refractivity contribution < 1.29 is 4.79 Å². The topological polar surface area (TPSA) is 46.9 Å². The second kappa shape index (κ2) is 7.36. The number of hydrogen-bond donors (Lipinski definition) is 1. The summed E-state index contributed by atoms with van der Waals surface area (Å²) in [6.45, 7) is 2.57. The largest absolute Gasteiger partial charge is 0.348 e. The van der Waals surface area contributed by atoms with Crippen LogP contribution in [0.3, 0.4) is 0 Å². The predicted octanol–water partition coefficient (Wildman–Crippen LogP) is 3.83. The Labute approximate surface area is 145 Å². The number of rotatable bonds is 5. The normalized spacial score (nSPS) is 10.6. The van der Waals surface area contributed by atoms with Crippen LogP contribution in [0.5, 0.6) is 0 Å². The van der Waals surface area contributed by atoms with Gasteiger partial charge in [-0.2, -0.15) is 0 Å². The summed E-state index contributed by atoms with van der Waals surface area (Å²) in [6.07, 6.45) is 5.64. The van der Waals surface area contributed by atoms with Gasteiger partial charge in [0.1, 0.15) is 0 Å². The van der Waals surface area contributed by atoms with Gasteiger partial charge in [-0.25, -0.2) is 4.98 Å². The lowest BCUT2D eigenvalue weighted by Gasteiger charge is -2.09. The Morgan fingerprint density at radius 3 is 2.75 bits per heavy atom. The van der Waals surface area contributed by atoms with Crippen LogP contribution < -0.4 is 5.32 Å². The van der Waals surface area contributed by atoms with Crippen LogP contribution in [-0.4, -0.2) is 21.7 Å². The molecule has 3 rings (SSSR count). The molecule has 0 bridgehead atoms. The highest BCUT2D eigenvalue weighted by molar-refractivity contribution is 7.98. The van der Waals surface area contributed by atoms with Gasteiger partial charge in [-0.3, -0.25) is 9.36 Å². The Bertz CT molecular complexity index is 840. The number of hydrogen-bond acceptors (Lipinski definition) is 3. The monoisotopic (exact) mass is 337 g/mol. The number of thioether (sulfide) groups is 1. The Hall–Kier alpha value is -2.53. The van der Waals surface area contributed by atoms with Crippen LogP contribution in [0.25, 0.3) is 5.69 Å². The average molecular weight is 337 g/mol. The van der Waals surface area contributed by atoms with Gasteiger partial charge in [-0.1, -0.05) is 47.7 Å². The van der Waals surface area contributed by atoms with Crippen molar-refractivity contribution in [2.75, 3.05) is 6.26 Å². The summed E-state index contributed by atoms with van der Waals surface area (Å²) in [7, 11) is 0. The lowest BCUT2D eigenvalue weighted by atomic mass is 10.1. The van der Waals surface area contributed by atoms with E-state index in [4.69, 9.17) is 0 Å². The second-order valence-corrected chi connectivity index (χ2v) is 6.28. The number of benzene rings is 2. The number of nitrogens with one attached hydrogen (secondary N) is 1. The summed E-state index contributed by atoms with van der Waals surface area (Å²) in [6, 6.07) is 15.7. The molecule has 4 nitrogen and oxygen atoms in total. The van der Waals surface area contributed by atoms with Gasteiger partial charge < -0.3 is 5.32 Å². The maximum Gasteiger partial charge on any atom is 0.251 e. The van der Waals surface area contributed by atoms with Crippen LogP contribution >= 0.6 is 11.8 Å². The predicted molar refractivity (Wildman–Crippen MR) is 97.7 cm³/mol. The van der Waals surface area contributed by atoms with E-state index in [1.165, 1.54) is 5.56 Å². The van der Waals surface area contributed by atoms with Crippen LogP contribution in [-0.2, 0) is 6.54 Å². The van der Waals surface area contributed by atoms with Gasteiger partial charge in [0, 0.05) is 30.2 Å². The first-order valence-corrected chi connectivity index (χ1v) is 8.91. The molecule has 0 fully saturated rings. The van der Waals surface area contributed by atoms with E-state index in [1.807, 2.05) is 72.5 Å². The fourth-order valence-electron chi connectivity index (χ4n) is 2.42. The molecule has 2 aromatic carbocycles. The van der Waals surface area contributed by atoms with Crippen molar-refractivity contribution in [2.45, 2.75) is 18.6 Å². The van der Waals surface area contributed by atoms with Gasteiger partial charge in [0.15, 0.2) is 5.16 Å². The zero-order chi connectivity index (χ0) is 16.9. The molecule has 3 aromatic rings. The van der Waals surface area contributed by atoms with Crippen LogP contribution in [0, 0.1) is 6.92 Å². The van der Waals surface area contributed by atoms with Crippen molar-refractivity contribution in [2.24, 2.45) is 0 Å². The molecule has 0 saturated carbocycles. The number of amides is 1. The second-order valence-electron chi connectivity index (χ2n) is 5.50. The van der Waals surface area contributed by atoms with Gasteiger partial charge in [0.25, 0.3) is 5.91 Å². The van der Waals surface area contributed by atoms with Crippen molar-refractivity contribution in [3.8, 4) is 5.69 Å². The van der Waals surface area contributed by atoms with Crippen LogP contribution in [0.2, 0.25) is 0 Å². The first kappa shape index (κ1) is 16.3. The first-order chi connectivity index (χ1) is 11.7. The molecular weight excluding hydrogens is 318 g/mol. The summed E-state index contributed by atoms with van der Waals surface area (Å²) in [5.74, 6) is -0.0803. The number of aromatic nitrogens is 2. The molecular formula is C19H19N3OS. The average Bonchev–Trinajstić information content (AvgIpc) is 3.10. The van der Waals surface area contributed by atoms with E-state index in [0.29, 0.717) is 12.1 Å². The van der Waals surface area contributed by atoms with Crippen LogP contribution in [0.15, 0.2) is 66.1 Å². The summed E-state index contributed by atoms with van der Waals surface area (Å²) >= 11 is 1.57. The molecule has 122 valence electrons. The highest BCUT2D eigenvalue weighted by Crippen LogP contribution is 2.19. The summed E-state index contributed by atoms with van der Waals surface area (Å²) in [4.78, 5) is 16.7. The third-order valence-electron chi connectivity index (χ3n) is 3.75. The van der Waals surface area contributed by atoms with E-state index in [-0.39, 0.29) is 5.91 Å². The molecule has 0 aliphatic heterocycles. The van der Waals surface area contributed by atoms with Gasteiger partial charge in [0.2, 0.25) is 0 Å². The van der Waals surface area contributed by atoms with E-state index >= 15 is 0 Å². The van der Waals surface area contributed by atoms with Crippen molar-refractivity contribution >= 4 is 17.7 Å². The molecule has 0 saturated heterocycles. The number of nitrogens with zero attached hydrogens (tertiary/aromatic N) is 2. The maximum absolute atomic E-state index is 12.4. The third-order valence-corrected chi connectivity index (χ3v) is 4.42. The third kappa shape index (κ3) is 3.68. The standard InChI is InChI=1S/C19H19N3OS/c1-14-6-8-15(9-7-14)13-21-18(23)16-4-3-5-17(12-16)22-11-10-20-19(22)24-2/h3-12H,13H2,1-2H3,(H,21,23). The van der Waals surface area contributed by atoms with Gasteiger partial charge in [0.05, 0.1) is 0 Å². The zero-order valence-electron chi connectivity index (χ0n) is 13.7. The molecule has 1 N–H and O–H groups in total. The van der Waals surface area contributed by atoms with Gasteiger partial charge in [-0.15, -0.1) is 0 Å². The summed E-state index contributed by atoms with van der Waals surface area (Å²) in [5, 5.41) is 3.86. The minimum atomic E-state index is -0.0803. The van der Waals surface area contributed by atoms with Crippen molar-refractivity contribution in [3.05, 3.63) is 77.6 Å². The molecule has 0 aliphatic rings. The fourth-order valence-corrected chi connectivity index (χ4v) is 2.95. The smallest absolute Gasteiger partial charge is 0.251 e. The number of imidazole rings is 1. The molecule has 1 heterocycles. The number of carbonyl (C=O) groups excluding carboxylic acids is 1. The van der Waals surface area contributed by atoms with Crippen LogP contribution in [0.1, 0.15) is 21.5 Å². The number of aryl methyl sites for hydroxylation is 1. The molecule has 0 spiro atoms.